The smallest absolute Gasteiger partial charge is 0.161 e. The van der Waals surface area contributed by atoms with Crippen LogP contribution in [0.4, 0.5) is 13.2 Å². The molecule has 6 heteroatoms. The maximum absolute atomic E-state index is 13.4. The van der Waals surface area contributed by atoms with Crippen molar-refractivity contribution >= 4 is 0 Å². The van der Waals surface area contributed by atoms with Gasteiger partial charge in [-0.1, -0.05) is 0 Å². The van der Waals surface area contributed by atoms with Gasteiger partial charge in [0.05, 0.1) is 6.33 Å². The van der Waals surface area contributed by atoms with Crippen LogP contribution < -0.4 is 5.32 Å². The number of aromatic nitrogens is 2. The van der Waals surface area contributed by atoms with Crippen LogP contribution in [0.2, 0.25) is 0 Å². The Balaban J connectivity index is 1.93. The summed E-state index contributed by atoms with van der Waals surface area (Å²) >= 11 is 0. The number of nitrogens with one attached hydrogen (secondary N) is 1. The van der Waals surface area contributed by atoms with E-state index in [1.54, 1.807) is 12.5 Å². The molecule has 0 amide bonds. The summed E-state index contributed by atoms with van der Waals surface area (Å²) in [5, 5.41) is 3.05. The van der Waals surface area contributed by atoms with Crippen molar-refractivity contribution in [2.24, 2.45) is 0 Å². The molecule has 1 aromatic carbocycles. The van der Waals surface area contributed by atoms with Gasteiger partial charge in [0.1, 0.15) is 5.82 Å². The Morgan fingerprint density at radius 1 is 1.21 bits per heavy atom. The number of halogens is 3. The predicted molar refractivity (Wildman–Crippen MR) is 64.8 cm³/mol. The molecular weight excluding hydrogens is 255 g/mol. The van der Waals surface area contributed by atoms with E-state index in [2.05, 4.69) is 10.3 Å². The van der Waals surface area contributed by atoms with Gasteiger partial charge in [0.25, 0.3) is 0 Å². The third-order valence-electron chi connectivity index (χ3n) is 2.77. The highest BCUT2D eigenvalue weighted by molar-refractivity contribution is 5.19. The molecule has 0 aliphatic carbocycles. The van der Waals surface area contributed by atoms with Crippen molar-refractivity contribution in [2.45, 2.75) is 26.1 Å². The van der Waals surface area contributed by atoms with E-state index in [9.17, 15) is 13.2 Å². The predicted octanol–water partition coefficient (Wildman–Crippen LogP) is 2.48. The fraction of sp³-hybridized carbons (Fsp3) is 0.308. The van der Waals surface area contributed by atoms with Gasteiger partial charge < -0.3 is 9.88 Å². The minimum Gasteiger partial charge on any atom is -0.336 e. The van der Waals surface area contributed by atoms with Crippen LogP contribution in [0, 0.1) is 17.5 Å². The minimum atomic E-state index is -1.17. The average molecular weight is 269 g/mol. The Morgan fingerprint density at radius 3 is 2.63 bits per heavy atom. The van der Waals surface area contributed by atoms with Gasteiger partial charge in [-0.05, 0) is 13.0 Å². The van der Waals surface area contributed by atoms with E-state index in [0.29, 0.717) is 12.6 Å². The molecular formula is C13H14F3N3. The molecule has 102 valence electrons. The molecule has 0 saturated heterocycles. The van der Waals surface area contributed by atoms with E-state index >= 15 is 0 Å². The first-order valence-electron chi connectivity index (χ1n) is 5.89. The average Bonchev–Trinajstić information content (AvgIpc) is 2.85. The van der Waals surface area contributed by atoms with Gasteiger partial charge >= 0.3 is 0 Å². The van der Waals surface area contributed by atoms with Gasteiger partial charge in [-0.15, -0.1) is 0 Å². The molecule has 0 saturated carbocycles. The number of rotatable bonds is 5. The van der Waals surface area contributed by atoms with Crippen LogP contribution in [0.1, 0.15) is 12.5 Å². The fourth-order valence-electron chi connectivity index (χ4n) is 1.76. The van der Waals surface area contributed by atoms with Crippen LogP contribution in [0.3, 0.4) is 0 Å². The second-order valence-corrected chi connectivity index (χ2v) is 4.40. The van der Waals surface area contributed by atoms with Gasteiger partial charge in [-0.25, -0.2) is 18.2 Å². The van der Waals surface area contributed by atoms with E-state index in [1.165, 1.54) is 0 Å². The molecule has 1 N–H and O–H groups in total. The number of benzene rings is 1. The van der Waals surface area contributed by atoms with Gasteiger partial charge in [-0.3, -0.25) is 0 Å². The summed E-state index contributed by atoms with van der Waals surface area (Å²) in [7, 11) is 0. The van der Waals surface area contributed by atoms with Gasteiger partial charge in [0.15, 0.2) is 11.6 Å². The SMILES string of the molecule is CC(Cn1ccnc1)NCc1cc(F)c(F)cc1F. The molecule has 2 rings (SSSR count). The molecule has 1 aromatic heterocycles. The molecule has 3 nitrogen and oxygen atoms in total. The van der Waals surface area contributed by atoms with Crippen molar-refractivity contribution in [2.75, 3.05) is 0 Å². The maximum atomic E-state index is 13.4. The summed E-state index contributed by atoms with van der Waals surface area (Å²) in [6, 6.07) is 1.48. The standard InChI is InChI=1S/C13H14F3N3/c1-9(7-19-3-2-17-8-19)18-6-10-4-12(15)13(16)5-11(10)14/h2-5,8-9,18H,6-7H2,1H3. The number of nitrogens with zero attached hydrogens (tertiary/aromatic N) is 2. The lowest BCUT2D eigenvalue weighted by Crippen LogP contribution is -2.30. The first-order chi connectivity index (χ1) is 9.06. The molecule has 0 spiro atoms. The third-order valence-corrected chi connectivity index (χ3v) is 2.77. The van der Waals surface area contributed by atoms with Crippen molar-refractivity contribution in [3.63, 3.8) is 0 Å². The second kappa shape index (κ2) is 5.88. The highest BCUT2D eigenvalue weighted by Crippen LogP contribution is 2.13. The highest BCUT2D eigenvalue weighted by Gasteiger charge is 2.10. The Hall–Kier alpha value is -1.82. The molecule has 19 heavy (non-hydrogen) atoms. The molecule has 0 aliphatic rings. The highest BCUT2D eigenvalue weighted by atomic mass is 19.2. The lowest BCUT2D eigenvalue weighted by Gasteiger charge is -2.14. The van der Waals surface area contributed by atoms with Gasteiger partial charge in [-0.2, -0.15) is 0 Å². The minimum absolute atomic E-state index is 0.0433. The Bertz CT molecular complexity index is 540. The molecule has 1 heterocycles. The van der Waals surface area contributed by atoms with Gasteiger partial charge in [0.2, 0.25) is 0 Å². The number of hydrogen-bond acceptors (Lipinski definition) is 2. The maximum Gasteiger partial charge on any atom is 0.161 e. The summed E-state index contributed by atoms with van der Waals surface area (Å²) in [5.41, 5.74) is 0.108. The van der Waals surface area contributed by atoms with Crippen LogP contribution in [0.15, 0.2) is 30.9 Å². The van der Waals surface area contributed by atoms with E-state index < -0.39 is 17.5 Å². The van der Waals surface area contributed by atoms with E-state index in [-0.39, 0.29) is 18.2 Å². The molecule has 1 atom stereocenters. The van der Waals surface area contributed by atoms with Crippen molar-refractivity contribution in [3.8, 4) is 0 Å². The summed E-state index contributed by atoms with van der Waals surface area (Å²) in [6.45, 7) is 2.71. The Morgan fingerprint density at radius 2 is 1.95 bits per heavy atom. The molecule has 0 aliphatic heterocycles. The van der Waals surface area contributed by atoms with Crippen molar-refractivity contribution in [1.82, 2.24) is 14.9 Å². The third kappa shape index (κ3) is 3.57. The van der Waals surface area contributed by atoms with Crippen molar-refractivity contribution in [3.05, 3.63) is 53.9 Å². The van der Waals surface area contributed by atoms with Crippen LogP contribution >= 0.6 is 0 Å². The lowest BCUT2D eigenvalue weighted by atomic mass is 10.2. The van der Waals surface area contributed by atoms with E-state index in [4.69, 9.17) is 0 Å². The normalized spacial score (nSPS) is 12.6. The van der Waals surface area contributed by atoms with E-state index in [0.717, 1.165) is 6.07 Å². The molecule has 1 unspecified atom stereocenters. The molecule has 2 aromatic rings. The summed E-state index contributed by atoms with van der Waals surface area (Å²) in [5.74, 6) is -2.96. The number of imidazole rings is 1. The lowest BCUT2D eigenvalue weighted by molar-refractivity contribution is 0.458. The zero-order chi connectivity index (χ0) is 13.8. The van der Waals surface area contributed by atoms with Crippen molar-refractivity contribution < 1.29 is 13.2 Å². The quantitative estimate of drug-likeness (QED) is 0.845. The number of hydrogen-bond donors (Lipinski definition) is 1. The molecule has 0 fully saturated rings. The van der Waals surface area contributed by atoms with Crippen LogP contribution in [-0.2, 0) is 13.1 Å². The second-order valence-electron chi connectivity index (χ2n) is 4.40. The van der Waals surface area contributed by atoms with Crippen LogP contribution in [0.5, 0.6) is 0 Å². The summed E-state index contributed by atoms with van der Waals surface area (Å²) < 4.78 is 41.0. The van der Waals surface area contributed by atoms with E-state index in [1.807, 2.05) is 17.7 Å². The van der Waals surface area contributed by atoms with Crippen LogP contribution in [0.25, 0.3) is 0 Å². The van der Waals surface area contributed by atoms with Crippen LogP contribution in [-0.4, -0.2) is 15.6 Å². The molecule has 0 bridgehead atoms. The first-order valence-corrected chi connectivity index (χ1v) is 5.89. The fourth-order valence-corrected chi connectivity index (χ4v) is 1.76. The zero-order valence-corrected chi connectivity index (χ0v) is 10.4. The Labute approximate surface area is 109 Å². The topological polar surface area (TPSA) is 29.9 Å². The molecule has 0 radical (unpaired) electrons. The largest absolute Gasteiger partial charge is 0.336 e. The summed E-state index contributed by atoms with van der Waals surface area (Å²) in [4.78, 5) is 3.91. The van der Waals surface area contributed by atoms with Crippen molar-refractivity contribution in [1.29, 1.82) is 0 Å². The first kappa shape index (κ1) is 13.6. The zero-order valence-electron chi connectivity index (χ0n) is 10.4. The monoisotopic (exact) mass is 269 g/mol. The van der Waals surface area contributed by atoms with Gasteiger partial charge in [0, 0.05) is 43.2 Å². The Kier molecular flexibility index (Phi) is 4.21. The summed E-state index contributed by atoms with van der Waals surface area (Å²) in [6.07, 6.45) is 5.16.